The second kappa shape index (κ2) is 7.20. The minimum absolute atomic E-state index is 0.0127. The van der Waals surface area contributed by atoms with E-state index >= 15 is 0 Å². The minimum Gasteiger partial charge on any atom is -0.393 e. The van der Waals surface area contributed by atoms with Crippen molar-refractivity contribution in [1.29, 1.82) is 0 Å². The predicted molar refractivity (Wildman–Crippen MR) is 75.2 cm³/mol. The lowest BCUT2D eigenvalue weighted by atomic mass is 9.96. The van der Waals surface area contributed by atoms with Crippen molar-refractivity contribution < 1.29 is 36.2 Å². The first kappa shape index (κ1) is 16.2. The van der Waals surface area contributed by atoms with Gasteiger partial charge in [0.1, 0.15) is 6.10 Å². The molecule has 3 nitrogen and oxygen atoms in total. The van der Waals surface area contributed by atoms with Gasteiger partial charge in [-0.25, -0.2) is 0 Å². The first-order valence-electron chi connectivity index (χ1n) is 7.15. The number of alkyl halides is 2. The van der Waals surface area contributed by atoms with Crippen LogP contribution in [0, 0.1) is 0 Å². The molecule has 0 aliphatic carbocycles. The number of benzene rings is 1. The zero-order valence-corrected chi connectivity index (χ0v) is 14.3. The monoisotopic (exact) mass is 391 g/mol. The zero-order chi connectivity index (χ0) is 14.6. The van der Waals surface area contributed by atoms with Crippen LogP contribution in [0.3, 0.4) is 0 Å². The molecule has 20 heavy (non-hydrogen) atoms. The van der Waals surface area contributed by atoms with Crippen molar-refractivity contribution in [3.63, 3.8) is 0 Å². The van der Waals surface area contributed by atoms with Crippen LogP contribution in [0.1, 0.15) is 32.3 Å². The van der Waals surface area contributed by atoms with Crippen molar-refractivity contribution in [3.05, 3.63) is 35.9 Å². The zero-order valence-electron chi connectivity index (χ0n) is 12.1. The summed E-state index contributed by atoms with van der Waals surface area (Å²) < 4.78 is 6.78. The van der Waals surface area contributed by atoms with Crippen LogP contribution in [0.15, 0.2) is 30.3 Å². The smallest absolute Gasteiger partial charge is 0.294 e. The average molecular weight is 391 g/mol. The van der Waals surface area contributed by atoms with Crippen molar-refractivity contribution in [2.45, 2.75) is 52.9 Å². The molecule has 0 spiro atoms. The van der Waals surface area contributed by atoms with E-state index in [1.807, 2.05) is 25.1 Å². The Kier molecular flexibility index (Phi) is 5.84. The minimum atomic E-state index is -0.286. The lowest BCUT2D eigenvalue weighted by Gasteiger charge is -2.19. The topological polar surface area (TPSA) is 49.7 Å². The van der Waals surface area contributed by atoms with Crippen LogP contribution in [0.25, 0.3) is 0 Å². The van der Waals surface area contributed by atoms with E-state index in [2.05, 4.69) is 19.1 Å². The van der Waals surface area contributed by atoms with Crippen LogP contribution in [0.4, 0.5) is 0 Å². The highest BCUT2D eigenvalue weighted by Crippen LogP contribution is 2.23. The lowest BCUT2D eigenvalue weighted by molar-refractivity contribution is -0.546. The van der Waals surface area contributed by atoms with Gasteiger partial charge in [0.15, 0.2) is 0 Å². The molecule has 1 saturated heterocycles. The largest absolute Gasteiger partial charge is 0.393 e. The molecule has 112 valence electrons. The molecule has 4 heteroatoms. The van der Waals surface area contributed by atoms with Crippen LogP contribution < -0.4 is 21.2 Å². The van der Waals surface area contributed by atoms with Crippen molar-refractivity contribution in [1.82, 2.24) is 0 Å². The van der Waals surface area contributed by atoms with Crippen LogP contribution in [0.2, 0.25) is 0 Å². The van der Waals surface area contributed by atoms with Crippen LogP contribution in [0.5, 0.6) is 0 Å². The predicted octanol–water partition coefficient (Wildman–Crippen LogP) is -1.04. The number of rotatable bonds is 8. The third kappa shape index (κ3) is 4.16. The van der Waals surface area contributed by atoms with Crippen molar-refractivity contribution in [2.24, 2.45) is 0 Å². The molecule has 2 rings (SSSR count). The Hall–Kier alpha value is -0.170. The molecule has 0 amide bonds. The number of hydrogen-bond acceptors (Lipinski definition) is 3. The van der Waals surface area contributed by atoms with E-state index in [0.29, 0.717) is 10.5 Å². The van der Waals surface area contributed by atoms with E-state index in [4.69, 9.17) is 4.74 Å². The molecule has 0 aromatic heterocycles. The van der Waals surface area contributed by atoms with Crippen molar-refractivity contribution in [2.75, 3.05) is 6.61 Å². The van der Waals surface area contributed by atoms with E-state index < -0.39 is 0 Å². The maximum absolute atomic E-state index is 9.50. The second-order valence-corrected chi connectivity index (χ2v) is 10.1. The van der Waals surface area contributed by atoms with E-state index in [1.54, 1.807) is 0 Å². The van der Waals surface area contributed by atoms with Gasteiger partial charge in [0, 0.05) is 0 Å². The quantitative estimate of drug-likeness (QED) is 0.440. The number of halogens is 1. The van der Waals surface area contributed by atoms with Crippen LogP contribution >= 0.6 is 0 Å². The summed E-state index contributed by atoms with van der Waals surface area (Å²) in [5, 5.41) is 18.9. The fraction of sp³-hybridized carbons (Fsp3) is 0.625. The van der Waals surface area contributed by atoms with Gasteiger partial charge in [-0.1, -0.05) is 30.3 Å². The molecule has 4 atom stereocenters. The third-order valence-electron chi connectivity index (χ3n) is 3.86. The Morgan fingerprint density at radius 2 is 2.00 bits per heavy atom. The molecular formula is C16H24IO3+. The lowest BCUT2D eigenvalue weighted by Crippen LogP contribution is -3.52. The fourth-order valence-corrected chi connectivity index (χ4v) is 5.56. The van der Waals surface area contributed by atoms with Gasteiger partial charge in [0.2, 0.25) is 7.35 Å². The van der Waals surface area contributed by atoms with E-state index in [9.17, 15) is 10.2 Å². The van der Waals surface area contributed by atoms with Gasteiger partial charge in [0.25, 0.3) is 21.2 Å². The Morgan fingerprint density at radius 1 is 1.30 bits per heavy atom. The maximum Gasteiger partial charge on any atom is 0.294 e. The van der Waals surface area contributed by atoms with E-state index in [1.165, 1.54) is 5.56 Å². The number of hydrogen-bond donors (Lipinski definition) is 2. The molecule has 2 unspecified atom stereocenters. The van der Waals surface area contributed by atoms with Gasteiger partial charge in [-0.3, -0.25) is 0 Å². The number of aliphatic hydroxyl groups excluding tert-OH is 2. The Morgan fingerprint density at radius 3 is 2.55 bits per heavy atom. The molecule has 1 aromatic carbocycles. The van der Waals surface area contributed by atoms with Gasteiger partial charge in [-0.15, -0.1) is 0 Å². The summed E-state index contributed by atoms with van der Waals surface area (Å²) >= 11 is 0.0127. The van der Waals surface area contributed by atoms with Crippen molar-refractivity contribution >= 4 is 0 Å². The summed E-state index contributed by atoms with van der Waals surface area (Å²) in [5.41, 5.74) is 1.18. The van der Waals surface area contributed by atoms with Crippen molar-refractivity contribution in [3.8, 4) is 0 Å². The summed E-state index contributed by atoms with van der Waals surface area (Å²) in [5.74, 6) is 0. The SMILES string of the molecule is CC(O)CCC(OCc1ccccc1)[C@]1(C)[I+][C@H]1CO. The summed E-state index contributed by atoms with van der Waals surface area (Å²) in [4.78, 5) is 0. The highest BCUT2D eigenvalue weighted by atomic mass is 127. The highest BCUT2D eigenvalue weighted by molar-refractivity contribution is 5.13. The molecule has 1 heterocycles. The van der Waals surface area contributed by atoms with Gasteiger partial charge < -0.3 is 14.9 Å². The number of ether oxygens (including phenoxy) is 1. The Balaban J connectivity index is 1.93. The first-order valence-corrected chi connectivity index (χ1v) is 9.47. The number of aliphatic hydroxyl groups is 2. The van der Waals surface area contributed by atoms with Gasteiger partial charge in [-0.05, 0) is 32.3 Å². The molecule has 1 aliphatic rings. The fourth-order valence-electron chi connectivity index (χ4n) is 2.43. The summed E-state index contributed by atoms with van der Waals surface area (Å²) in [6.07, 6.45) is 1.50. The Labute approximate surface area is 131 Å². The third-order valence-corrected chi connectivity index (χ3v) is 8.42. The highest BCUT2D eigenvalue weighted by Gasteiger charge is 2.75. The standard InChI is InChI=1S/C16H24IO3/c1-12(19)8-9-15(16(2)14(10-18)17-16)20-11-13-6-4-3-5-7-13/h3-7,12,14-15,18-19H,8-11H2,1-2H3/q+1/t12?,14-,15?,16+/m0/s1. The molecule has 0 radical (unpaired) electrons. The van der Waals surface area contributed by atoms with Gasteiger partial charge in [-0.2, -0.15) is 0 Å². The molecule has 1 aliphatic heterocycles. The Bertz CT molecular complexity index is 409. The summed E-state index contributed by atoms with van der Waals surface area (Å²) in [6, 6.07) is 10.2. The molecule has 0 saturated carbocycles. The normalized spacial score (nSPS) is 28.1. The van der Waals surface area contributed by atoms with E-state index in [0.717, 1.165) is 12.8 Å². The van der Waals surface area contributed by atoms with Gasteiger partial charge in [0.05, 0.1) is 19.3 Å². The summed E-state index contributed by atoms with van der Waals surface area (Å²) in [7, 11) is 0. The second-order valence-electron chi connectivity index (χ2n) is 5.62. The molecule has 2 N–H and O–H groups in total. The molecule has 0 bridgehead atoms. The summed E-state index contributed by atoms with van der Waals surface area (Å²) in [6.45, 7) is 4.95. The van der Waals surface area contributed by atoms with Gasteiger partial charge >= 0.3 is 0 Å². The average Bonchev–Trinajstić information content (AvgIpc) is 3.11. The maximum atomic E-state index is 9.50. The molecular weight excluding hydrogens is 367 g/mol. The molecule has 1 aromatic rings. The first-order chi connectivity index (χ1) is 9.56. The molecule has 1 fully saturated rings. The van der Waals surface area contributed by atoms with Crippen LogP contribution in [-0.4, -0.2) is 36.4 Å². The van der Waals surface area contributed by atoms with E-state index in [-0.39, 0.29) is 43.4 Å². The van der Waals surface area contributed by atoms with Crippen LogP contribution in [-0.2, 0) is 11.3 Å².